The molecule has 164 valence electrons. The van der Waals surface area contributed by atoms with Crippen molar-refractivity contribution < 1.29 is 4.74 Å². The molecule has 0 aliphatic carbocycles. The Hall–Kier alpha value is -3.30. The third-order valence-corrected chi connectivity index (χ3v) is 5.12. The number of hydrogen-bond donors (Lipinski definition) is 2. The third-order valence-electron chi connectivity index (χ3n) is 4.68. The quantitative estimate of drug-likeness (QED) is 0.367. The van der Waals surface area contributed by atoms with Crippen molar-refractivity contribution in [1.82, 2.24) is 15.0 Å². The maximum Gasteiger partial charge on any atom is 0.250 e. The molecule has 2 N–H and O–H groups in total. The Labute approximate surface area is 195 Å². The van der Waals surface area contributed by atoms with Crippen molar-refractivity contribution >= 4 is 51.8 Å². The average molecular weight is 494 g/mol. The number of nitrogens with zero attached hydrogens (tertiary/aromatic N) is 5. The van der Waals surface area contributed by atoms with E-state index in [-0.39, 0.29) is 0 Å². The fourth-order valence-electron chi connectivity index (χ4n) is 3.04. The molecular weight excluding hydrogens is 470 g/mol. The number of aryl methyl sites for hydroxylation is 1. The smallest absolute Gasteiger partial charge is 0.250 e. The summed E-state index contributed by atoms with van der Waals surface area (Å²) in [7, 11) is 0. The first-order valence-corrected chi connectivity index (χ1v) is 11.1. The minimum Gasteiger partial charge on any atom is -0.378 e. The first kappa shape index (κ1) is 21.9. The summed E-state index contributed by atoms with van der Waals surface area (Å²) in [4.78, 5) is 15.7. The van der Waals surface area contributed by atoms with Gasteiger partial charge in [-0.2, -0.15) is 20.1 Å². The van der Waals surface area contributed by atoms with Gasteiger partial charge in [0.05, 0.1) is 19.4 Å². The molecule has 8 nitrogen and oxygen atoms in total. The van der Waals surface area contributed by atoms with Gasteiger partial charge in [-0.05, 0) is 46.6 Å². The van der Waals surface area contributed by atoms with Gasteiger partial charge in [-0.3, -0.25) is 0 Å². The number of rotatable bonds is 7. The molecule has 3 aromatic rings. The second-order valence-corrected chi connectivity index (χ2v) is 8.10. The lowest BCUT2D eigenvalue weighted by atomic mass is 10.2. The van der Waals surface area contributed by atoms with Crippen molar-refractivity contribution in [2.24, 2.45) is 5.10 Å². The maximum absolute atomic E-state index is 5.45. The number of halogens is 1. The van der Waals surface area contributed by atoms with E-state index in [0.717, 1.165) is 28.8 Å². The van der Waals surface area contributed by atoms with E-state index in [9.17, 15) is 0 Å². The molecule has 0 atom stereocenters. The molecule has 1 fully saturated rings. The summed E-state index contributed by atoms with van der Waals surface area (Å²) in [6.45, 7) is 4.78. The molecular formula is C23H24BrN7O. The van der Waals surface area contributed by atoms with Crippen molar-refractivity contribution in [2.45, 2.75) is 6.92 Å². The highest BCUT2D eigenvalue weighted by atomic mass is 79.9. The lowest BCUT2D eigenvalue weighted by molar-refractivity contribution is 0.122. The number of anilines is 4. The molecule has 9 heteroatoms. The average Bonchev–Trinajstić information content (AvgIpc) is 2.82. The van der Waals surface area contributed by atoms with Crippen molar-refractivity contribution in [3.8, 4) is 0 Å². The maximum atomic E-state index is 5.45. The zero-order valence-corrected chi connectivity index (χ0v) is 19.3. The highest BCUT2D eigenvalue weighted by Gasteiger charge is 2.16. The van der Waals surface area contributed by atoms with E-state index in [1.807, 2.05) is 67.6 Å². The normalized spacial score (nSPS) is 14.6. The van der Waals surface area contributed by atoms with Crippen LogP contribution in [0.4, 0.5) is 23.5 Å². The molecule has 4 rings (SSSR count). The SMILES string of the molecule is Cc1ccc(Nc2nc(N/N=C/C(Br)=C/c3ccccc3)nc(N3CCOCC3)n2)cc1. The van der Waals surface area contributed by atoms with Crippen LogP contribution in [0.25, 0.3) is 6.08 Å². The van der Waals surface area contributed by atoms with E-state index in [2.05, 4.69) is 51.6 Å². The van der Waals surface area contributed by atoms with Crippen LogP contribution in [-0.4, -0.2) is 47.5 Å². The number of hydrazone groups is 1. The van der Waals surface area contributed by atoms with Crippen LogP contribution in [0.1, 0.15) is 11.1 Å². The van der Waals surface area contributed by atoms with Crippen LogP contribution >= 0.6 is 15.9 Å². The summed E-state index contributed by atoms with van der Waals surface area (Å²) in [6.07, 6.45) is 3.64. The molecule has 0 unspecified atom stereocenters. The van der Waals surface area contributed by atoms with Crippen LogP contribution < -0.4 is 15.6 Å². The Morgan fingerprint density at radius 3 is 2.47 bits per heavy atom. The summed E-state index contributed by atoms with van der Waals surface area (Å²) in [5.74, 6) is 1.38. The monoisotopic (exact) mass is 493 g/mol. The standard InChI is InChI=1S/C23H24BrN7O/c1-17-7-9-20(10-8-17)26-21-27-22(29-23(28-21)31-11-13-32-14-12-31)30-25-16-19(24)15-18-5-3-2-4-6-18/h2-10,15-16H,11-14H2,1H3,(H2,26,27,28,29,30)/b19-15-,25-16+. The van der Waals surface area contributed by atoms with Gasteiger partial charge in [-0.15, -0.1) is 0 Å². The Morgan fingerprint density at radius 1 is 1.00 bits per heavy atom. The predicted octanol–water partition coefficient (Wildman–Crippen LogP) is 4.59. The number of allylic oxidation sites excluding steroid dienone is 1. The molecule has 1 saturated heterocycles. The van der Waals surface area contributed by atoms with Crippen molar-refractivity contribution in [2.75, 3.05) is 41.9 Å². The summed E-state index contributed by atoms with van der Waals surface area (Å²) in [5.41, 5.74) is 6.08. The van der Waals surface area contributed by atoms with Crippen LogP contribution in [0.3, 0.4) is 0 Å². The minimum atomic E-state index is 0.354. The first-order chi connectivity index (χ1) is 15.7. The second kappa shape index (κ2) is 10.8. The van der Waals surface area contributed by atoms with Crippen LogP contribution in [0.15, 0.2) is 64.2 Å². The van der Waals surface area contributed by atoms with Crippen LogP contribution in [0.5, 0.6) is 0 Å². The first-order valence-electron chi connectivity index (χ1n) is 10.3. The summed E-state index contributed by atoms with van der Waals surface area (Å²) in [5, 5.41) is 7.52. The number of morpholine rings is 1. The molecule has 0 bridgehead atoms. The van der Waals surface area contributed by atoms with Gasteiger partial charge in [-0.1, -0.05) is 48.0 Å². The Balaban J connectivity index is 1.52. The zero-order chi connectivity index (χ0) is 22.2. The van der Waals surface area contributed by atoms with E-state index in [1.54, 1.807) is 6.21 Å². The molecule has 32 heavy (non-hydrogen) atoms. The summed E-state index contributed by atoms with van der Waals surface area (Å²) >= 11 is 3.51. The van der Waals surface area contributed by atoms with E-state index >= 15 is 0 Å². The van der Waals surface area contributed by atoms with E-state index < -0.39 is 0 Å². The molecule has 2 aromatic carbocycles. The van der Waals surface area contributed by atoms with Gasteiger partial charge in [0.15, 0.2) is 0 Å². The molecule has 2 heterocycles. The van der Waals surface area contributed by atoms with E-state index in [0.29, 0.717) is 31.1 Å². The molecule has 1 aromatic heterocycles. The number of ether oxygens (including phenoxy) is 1. The van der Waals surface area contributed by atoms with Crippen molar-refractivity contribution in [3.63, 3.8) is 0 Å². The summed E-state index contributed by atoms with van der Waals surface area (Å²) < 4.78 is 6.27. The lowest BCUT2D eigenvalue weighted by Gasteiger charge is -2.27. The molecule has 0 amide bonds. The zero-order valence-electron chi connectivity index (χ0n) is 17.7. The van der Waals surface area contributed by atoms with Crippen molar-refractivity contribution in [1.29, 1.82) is 0 Å². The van der Waals surface area contributed by atoms with Gasteiger partial charge in [0, 0.05) is 23.3 Å². The van der Waals surface area contributed by atoms with Gasteiger partial charge in [0.1, 0.15) is 0 Å². The van der Waals surface area contributed by atoms with Gasteiger partial charge >= 0.3 is 0 Å². The number of nitrogens with one attached hydrogen (secondary N) is 2. The highest BCUT2D eigenvalue weighted by molar-refractivity contribution is 9.12. The molecule has 0 spiro atoms. The van der Waals surface area contributed by atoms with E-state index in [4.69, 9.17) is 4.74 Å². The van der Waals surface area contributed by atoms with Gasteiger partial charge in [-0.25, -0.2) is 5.43 Å². The molecule has 1 aliphatic rings. The largest absolute Gasteiger partial charge is 0.378 e. The number of hydrogen-bond acceptors (Lipinski definition) is 8. The molecule has 0 radical (unpaired) electrons. The molecule has 0 saturated carbocycles. The fraction of sp³-hybridized carbons (Fsp3) is 0.217. The summed E-state index contributed by atoms with van der Waals surface area (Å²) in [6, 6.07) is 18.0. The van der Waals surface area contributed by atoms with Crippen molar-refractivity contribution in [3.05, 3.63) is 70.2 Å². The van der Waals surface area contributed by atoms with Crippen LogP contribution in [0, 0.1) is 6.92 Å². The topological polar surface area (TPSA) is 87.6 Å². The predicted molar refractivity (Wildman–Crippen MR) is 133 cm³/mol. The number of aromatic nitrogens is 3. The Bertz CT molecular complexity index is 1080. The van der Waals surface area contributed by atoms with Gasteiger partial charge in [0.25, 0.3) is 0 Å². The lowest BCUT2D eigenvalue weighted by Crippen LogP contribution is -2.37. The van der Waals surface area contributed by atoms with Gasteiger partial charge < -0.3 is 15.0 Å². The van der Waals surface area contributed by atoms with Gasteiger partial charge in [0.2, 0.25) is 17.8 Å². The van der Waals surface area contributed by atoms with E-state index in [1.165, 1.54) is 5.56 Å². The minimum absolute atomic E-state index is 0.354. The fourth-order valence-corrected chi connectivity index (χ4v) is 3.41. The van der Waals surface area contributed by atoms with Crippen LogP contribution in [0.2, 0.25) is 0 Å². The Morgan fingerprint density at radius 2 is 1.72 bits per heavy atom. The second-order valence-electron chi connectivity index (χ2n) is 7.18. The molecule has 1 aliphatic heterocycles. The highest BCUT2D eigenvalue weighted by Crippen LogP contribution is 2.19. The third kappa shape index (κ3) is 6.35. The number of benzene rings is 2. The Kier molecular flexibility index (Phi) is 7.42. The van der Waals surface area contributed by atoms with Crippen LogP contribution in [-0.2, 0) is 4.74 Å².